The summed E-state index contributed by atoms with van der Waals surface area (Å²) in [6.07, 6.45) is 2.93. The zero-order chi connectivity index (χ0) is 16.2. The van der Waals surface area contributed by atoms with E-state index in [0.29, 0.717) is 10.7 Å². The summed E-state index contributed by atoms with van der Waals surface area (Å²) in [5.74, 6) is -0.170. The first-order valence-electron chi connectivity index (χ1n) is 7.30. The number of nitrogens with zero attached hydrogens (tertiary/aromatic N) is 1. The average molecular weight is 343 g/mol. The summed E-state index contributed by atoms with van der Waals surface area (Å²) >= 11 is 3.14. The lowest BCUT2D eigenvalue weighted by Crippen LogP contribution is -2.29. The molecule has 3 aromatic rings. The van der Waals surface area contributed by atoms with Gasteiger partial charge >= 0.3 is 0 Å². The predicted octanol–water partition coefficient (Wildman–Crippen LogP) is 4.34. The van der Waals surface area contributed by atoms with Crippen LogP contribution in [0.1, 0.15) is 22.8 Å². The first kappa shape index (κ1) is 15.8. The fraction of sp³-hybridized carbons (Fsp3) is 0.176. The molecule has 0 spiro atoms. The lowest BCUT2D eigenvalue weighted by atomic mass is 10.1. The Hall–Kier alpha value is -2.05. The highest BCUT2D eigenvalue weighted by Gasteiger charge is 2.09. The molecular weight excluding hydrogens is 326 g/mol. The van der Waals surface area contributed by atoms with Gasteiger partial charge in [0.05, 0.1) is 10.2 Å². The highest BCUT2D eigenvalue weighted by Crippen LogP contribution is 2.28. The van der Waals surface area contributed by atoms with E-state index in [1.165, 1.54) is 16.9 Å². The molecule has 0 saturated heterocycles. The van der Waals surface area contributed by atoms with Crippen molar-refractivity contribution < 1.29 is 4.79 Å². The highest BCUT2D eigenvalue weighted by atomic mass is 32.2. The molecule has 0 atom stereocenters. The van der Waals surface area contributed by atoms with Gasteiger partial charge < -0.3 is 0 Å². The van der Waals surface area contributed by atoms with Crippen LogP contribution in [0.4, 0.5) is 5.13 Å². The number of thioether (sulfide) groups is 1. The maximum absolute atomic E-state index is 12.2. The van der Waals surface area contributed by atoms with Gasteiger partial charge in [0.1, 0.15) is 0 Å². The quantitative estimate of drug-likeness (QED) is 0.534. The summed E-state index contributed by atoms with van der Waals surface area (Å²) in [6.45, 7) is 2.11. The Morgan fingerprint density at radius 1 is 1.26 bits per heavy atom. The number of benzene rings is 2. The molecule has 2 aromatic carbocycles. The molecule has 0 saturated carbocycles. The number of nitrogens with one attached hydrogen (secondary N) is 2. The fourth-order valence-electron chi connectivity index (χ4n) is 2.29. The molecule has 3 rings (SSSR count). The van der Waals surface area contributed by atoms with Gasteiger partial charge in [0, 0.05) is 10.5 Å². The summed E-state index contributed by atoms with van der Waals surface area (Å²) in [6, 6.07) is 13.7. The summed E-state index contributed by atoms with van der Waals surface area (Å²) in [5.41, 5.74) is 8.48. The number of fused-ring (bicyclic) bond motifs is 1. The molecule has 0 aliphatic heterocycles. The SMILES string of the molecule is CCc1cccc2sc(NNC(=O)c3cccc(SC)c3)nc12. The van der Waals surface area contributed by atoms with Gasteiger partial charge in [-0.2, -0.15) is 0 Å². The van der Waals surface area contributed by atoms with Crippen LogP contribution in [0.5, 0.6) is 0 Å². The number of carbonyl (C=O) groups is 1. The number of thiazole rings is 1. The minimum Gasteiger partial charge on any atom is -0.273 e. The van der Waals surface area contributed by atoms with Crippen LogP contribution in [0.15, 0.2) is 47.4 Å². The maximum Gasteiger partial charge on any atom is 0.269 e. The van der Waals surface area contributed by atoms with Crippen molar-refractivity contribution in [3.8, 4) is 0 Å². The van der Waals surface area contributed by atoms with Crippen LogP contribution < -0.4 is 10.9 Å². The van der Waals surface area contributed by atoms with E-state index in [1.807, 2.05) is 36.6 Å². The Kier molecular flexibility index (Phi) is 4.83. The fourth-order valence-corrected chi connectivity index (χ4v) is 3.62. The lowest BCUT2D eigenvalue weighted by Gasteiger charge is -2.06. The molecule has 1 amide bonds. The molecule has 4 nitrogen and oxygen atoms in total. The topological polar surface area (TPSA) is 54.0 Å². The highest BCUT2D eigenvalue weighted by molar-refractivity contribution is 7.98. The van der Waals surface area contributed by atoms with Crippen molar-refractivity contribution in [3.05, 3.63) is 53.6 Å². The van der Waals surface area contributed by atoms with Crippen molar-refractivity contribution in [1.29, 1.82) is 0 Å². The van der Waals surface area contributed by atoms with Crippen molar-refractivity contribution in [2.45, 2.75) is 18.2 Å². The molecule has 6 heteroatoms. The molecule has 0 fully saturated rings. The summed E-state index contributed by atoms with van der Waals surface area (Å²) in [5, 5.41) is 0.690. The van der Waals surface area contributed by atoms with Crippen LogP contribution in [0.25, 0.3) is 10.2 Å². The van der Waals surface area contributed by atoms with Gasteiger partial charge in [0.15, 0.2) is 0 Å². The number of carbonyl (C=O) groups excluding carboxylic acids is 1. The van der Waals surface area contributed by atoms with Gasteiger partial charge in [0.2, 0.25) is 5.13 Å². The van der Waals surface area contributed by atoms with Crippen LogP contribution in [0.2, 0.25) is 0 Å². The van der Waals surface area contributed by atoms with Gasteiger partial charge in [-0.3, -0.25) is 15.6 Å². The Bertz CT molecular complexity index is 845. The second-order valence-electron chi connectivity index (χ2n) is 4.95. The largest absolute Gasteiger partial charge is 0.273 e. The van der Waals surface area contributed by atoms with Crippen molar-refractivity contribution >= 4 is 44.4 Å². The molecule has 23 heavy (non-hydrogen) atoms. The van der Waals surface area contributed by atoms with Crippen molar-refractivity contribution in [2.24, 2.45) is 0 Å². The number of hydrogen-bond acceptors (Lipinski definition) is 5. The van der Waals surface area contributed by atoms with Crippen LogP contribution in [-0.4, -0.2) is 17.1 Å². The smallest absolute Gasteiger partial charge is 0.269 e. The molecule has 0 radical (unpaired) electrons. The molecular formula is C17H17N3OS2. The number of hydrazine groups is 1. The van der Waals surface area contributed by atoms with Gasteiger partial charge in [-0.05, 0) is 42.5 Å². The van der Waals surface area contributed by atoms with E-state index in [9.17, 15) is 4.79 Å². The molecule has 0 unspecified atom stereocenters. The minimum atomic E-state index is -0.170. The van der Waals surface area contributed by atoms with Gasteiger partial charge in [0.25, 0.3) is 5.91 Å². The average Bonchev–Trinajstić information content (AvgIpc) is 3.02. The predicted molar refractivity (Wildman–Crippen MR) is 98.3 cm³/mol. The third-order valence-corrected chi connectivity index (χ3v) is 5.16. The number of amides is 1. The molecule has 1 aromatic heterocycles. The first-order valence-corrected chi connectivity index (χ1v) is 9.34. The maximum atomic E-state index is 12.2. The number of aromatic nitrogens is 1. The van der Waals surface area contributed by atoms with Crippen LogP contribution in [0, 0.1) is 0 Å². The van der Waals surface area contributed by atoms with Gasteiger partial charge in [-0.15, -0.1) is 11.8 Å². The van der Waals surface area contributed by atoms with Crippen molar-refractivity contribution in [2.75, 3.05) is 11.7 Å². The van der Waals surface area contributed by atoms with E-state index >= 15 is 0 Å². The second-order valence-corrected chi connectivity index (χ2v) is 6.86. The number of anilines is 1. The van der Waals surface area contributed by atoms with E-state index in [-0.39, 0.29) is 5.91 Å². The molecule has 118 valence electrons. The molecule has 2 N–H and O–H groups in total. The van der Waals surface area contributed by atoms with E-state index in [1.54, 1.807) is 17.8 Å². The van der Waals surface area contributed by atoms with Gasteiger partial charge in [-0.1, -0.05) is 36.5 Å². The normalized spacial score (nSPS) is 10.7. The number of rotatable bonds is 5. The summed E-state index contributed by atoms with van der Waals surface area (Å²) < 4.78 is 1.12. The van der Waals surface area contributed by atoms with Gasteiger partial charge in [-0.25, -0.2) is 4.98 Å². The summed E-state index contributed by atoms with van der Waals surface area (Å²) in [4.78, 5) is 17.9. The Labute approximate surface area is 143 Å². The van der Waals surface area contributed by atoms with E-state index < -0.39 is 0 Å². The van der Waals surface area contributed by atoms with E-state index in [0.717, 1.165) is 21.5 Å². The third-order valence-electron chi connectivity index (χ3n) is 3.50. The molecule has 1 heterocycles. The minimum absolute atomic E-state index is 0.170. The van der Waals surface area contributed by atoms with Crippen LogP contribution >= 0.6 is 23.1 Å². The first-order chi connectivity index (χ1) is 11.2. The lowest BCUT2D eigenvalue weighted by molar-refractivity contribution is 0.0962. The number of para-hydroxylation sites is 1. The van der Waals surface area contributed by atoms with Crippen molar-refractivity contribution in [1.82, 2.24) is 10.4 Å². The van der Waals surface area contributed by atoms with Crippen LogP contribution in [-0.2, 0) is 6.42 Å². The third kappa shape index (κ3) is 3.48. The van der Waals surface area contributed by atoms with Crippen LogP contribution in [0.3, 0.4) is 0 Å². The monoisotopic (exact) mass is 343 g/mol. The summed E-state index contributed by atoms with van der Waals surface area (Å²) in [7, 11) is 0. The zero-order valence-corrected chi connectivity index (χ0v) is 14.6. The Morgan fingerprint density at radius 3 is 2.87 bits per heavy atom. The molecule has 0 bridgehead atoms. The standard InChI is InChI=1S/C17H17N3OS2/c1-3-11-6-5-9-14-15(11)18-17(23-14)20-19-16(21)12-7-4-8-13(10-12)22-2/h4-10H,3H2,1-2H3,(H,18,20)(H,19,21). The second kappa shape index (κ2) is 7.02. The number of aryl methyl sites for hydroxylation is 1. The zero-order valence-electron chi connectivity index (χ0n) is 12.9. The Morgan fingerprint density at radius 2 is 2.09 bits per heavy atom. The van der Waals surface area contributed by atoms with E-state index in [2.05, 4.69) is 28.8 Å². The number of hydrogen-bond donors (Lipinski definition) is 2. The molecule has 0 aliphatic carbocycles. The van der Waals surface area contributed by atoms with E-state index in [4.69, 9.17) is 0 Å². The van der Waals surface area contributed by atoms with Crippen molar-refractivity contribution in [3.63, 3.8) is 0 Å². The molecule has 0 aliphatic rings. The Balaban J connectivity index is 1.74.